The van der Waals surface area contributed by atoms with E-state index in [0.29, 0.717) is 10.8 Å². The number of benzene rings is 1. The van der Waals surface area contributed by atoms with Crippen LogP contribution in [0.1, 0.15) is 12.8 Å². The molecule has 1 aromatic carbocycles. The van der Waals surface area contributed by atoms with E-state index in [9.17, 15) is 9.59 Å². The largest absolute Gasteiger partial charge is 0.463 e. The minimum Gasteiger partial charge on any atom is -0.463 e. The first kappa shape index (κ1) is 16.7. The molecule has 0 unspecified atom stereocenters. The zero-order valence-electron chi connectivity index (χ0n) is 12.2. The molecule has 2 rings (SSSR count). The standard InChI is InChI=1S/C15H13ClN2O5/c1-2-21-13(19)7-8-14(20)22-9-12-17-15(18-23-12)10-3-5-11(16)6-4-10/h3-8H,2,9H2,1H3. The molecule has 0 saturated heterocycles. The number of nitrogens with zero attached hydrogens (tertiary/aromatic N) is 2. The quantitative estimate of drug-likeness (QED) is 0.591. The number of rotatable bonds is 6. The van der Waals surface area contributed by atoms with Gasteiger partial charge in [0.1, 0.15) is 0 Å². The monoisotopic (exact) mass is 336 g/mol. The molecule has 0 aliphatic heterocycles. The van der Waals surface area contributed by atoms with Gasteiger partial charge in [0.15, 0.2) is 6.61 Å². The Bertz CT molecular complexity index is 709. The molecule has 1 heterocycles. The van der Waals surface area contributed by atoms with Crippen molar-refractivity contribution in [2.45, 2.75) is 13.5 Å². The molecule has 0 amide bonds. The number of hydrogen-bond acceptors (Lipinski definition) is 7. The number of aromatic nitrogens is 2. The number of carbonyl (C=O) groups excluding carboxylic acids is 2. The molecule has 0 bridgehead atoms. The molecule has 0 aliphatic carbocycles. The van der Waals surface area contributed by atoms with E-state index in [4.69, 9.17) is 20.9 Å². The van der Waals surface area contributed by atoms with E-state index >= 15 is 0 Å². The Kier molecular flexibility index (Phi) is 5.87. The van der Waals surface area contributed by atoms with Crippen molar-refractivity contribution in [1.82, 2.24) is 10.1 Å². The smallest absolute Gasteiger partial charge is 0.331 e. The van der Waals surface area contributed by atoms with Gasteiger partial charge < -0.3 is 14.0 Å². The van der Waals surface area contributed by atoms with Crippen LogP contribution in [0, 0.1) is 0 Å². The second kappa shape index (κ2) is 8.09. The summed E-state index contributed by atoms with van der Waals surface area (Å²) in [5.74, 6) is -0.848. The zero-order valence-corrected chi connectivity index (χ0v) is 12.9. The molecular formula is C15H13ClN2O5. The number of ether oxygens (including phenoxy) is 2. The summed E-state index contributed by atoms with van der Waals surface area (Å²) in [4.78, 5) is 26.5. The highest BCUT2D eigenvalue weighted by atomic mass is 35.5. The minimum atomic E-state index is -0.718. The van der Waals surface area contributed by atoms with E-state index in [1.165, 1.54) is 0 Å². The van der Waals surface area contributed by atoms with Crippen LogP contribution in [-0.2, 0) is 25.7 Å². The molecule has 8 heteroatoms. The number of esters is 2. The highest BCUT2D eigenvalue weighted by molar-refractivity contribution is 6.30. The van der Waals surface area contributed by atoms with Crippen molar-refractivity contribution < 1.29 is 23.6 Å². The van der Waals surface area contributed by atoms with Crippen LogP contribution in [0.5, 0.6) is 0 Å². The summed E-state index contributed by atoms with van der Waals surface area (Å²) < 4.78 is 14.5. The van der Waals surface area contributed by atoms with Crippen molar-refractivity contribution in [3.8, 4) is 11.4 Å². The Labute approximate surface area is 136 Å². The summed E-state index contributed by atoms with van der Waals surface area (Å²) in [6.07, 6.45) is 1.95. The van der Waals surface area contributed by atoms with Gasteiger partial charge in [-0.25, -0.2) is 9.59 Å². The lowest BCUT2D eigenvalue weighted by molar-refractivity contribution is -0.141. The second-order valence-corrected chi connectivity index (χ2v) is 4.65. The van der Waals surface area contributed by atoms with Gasteiger partial charge in [-0.2, -0.15) is 4.98 Å². The molecule has 0 atom stereocenters. The average Bonchev–Trinajstić information content (AvgIpc) is 3.01. The van der Waals surface area contributed by atoms with Crippen LogP contribution in [0.3, 0.4) is 0 Å². The molecule has 0 spiro atoms. The van der Waals surface area contributed by atoms with Gasteiger partial charge >= 0.3 is 11.9 Å². The molecular weight excluding hydrogens is 324 g/mol. The number of carbonyl (C=O) groups is 2. The average molecular weight is 337 g/mol. The second-order valence-electron chi connectivity index (χ2n) is 4.21. The molecule has 0 saturated carbocycles. The van der Waals surface area contributed by atoms with Crippen molar-refractivity contribution in [2.24, 2.45) is 0 Å². The van der Waals surface area contributed by atoms with E-state index in [1.54, 1.807) is 31.2 Å². The Morgan fingerprint density at radius 3 is 2.48 bits per heavy atom. The van der Waals surface area contributed by atoms with Crippen LogP contribution in [0.15, 0.2) is 40.9 Å². The molecule has 0 N–H and O–H groups in total. The summed E-state index contributed by atoms with van der Waals surface area (Å²) in [5.41, 5.74) is 0.720. The lowest BCUT2D eigenvalue weighted by atomic mass is 10.2. The van der Waals surface area contributed by atoms with Gasteiger partial charge in [-0.05, 0) is 31.2 Å². The van der Waals surface area contributed by atoms with E-state index in [0.717, 1.165) is 17.7 Å². The molecule has 7 nitrogen and oxygen atoms in total. The molecule has 120 valence electrons. The predicted octanol–water partition coefficient (Wildman–Crippen LogP) is 2.55. The van der Waals surface area contributed by atoms with Gasteiger partial charge in [-0.15, -0.1) is 0 Å². The summed E-state index contributed by atoms with van der Waals surface area (Å²) in [7, 11) is 0. The SMILES string of the molecule is CCOC(=O)C=CC(=O)OCc1nc(-c2ccc(Cl)cc2)no1. The third kappa shape index (κ3) is 5.23. The van der Waals surface area contributed by atoms with Gasteiger partial charge in [-0.3, -0.25) is 0 Å². The van der Waals surface area contributed by atoms with Gasteiger partial charge in [0.2, 0.25) is 5.82 Å². The Hall–Kier alpha value is -2.67. The number of hydrogen-bond donors (Lipinski definition) is 0. The van der Waals surface area contributed by atoms with Gasteiger partial charge in [-0.1, -0.05) is 16.8 Å². The van der Waals surface area contributed by atoms with Gasteiger partial charge in [0.05, 0.1) is 6.61 Å². The van der Waals surface area contributed by atoms with E-state index in [1.807, 2.05) is 0 Å². The lowest BCUT2D eigenvalue weighted by Crippen LogP contribution is -2.04. The first-order chi connectivity index (χ1) is 11.1. The summed E-state index contributed by atoms with van der Waals surface area (Å²) >= 11 is 5.80. The Morgan fingerprint density at radius 2 is 1.83 bits per heavy atom. The molecule has 0 aliphatic rings. The fourth-order valence-electron chi connectivity index (χ4n) is 1.54. The van der Waals surface area contributed by atoms with Gasteiger partial charge in [0.25, 0.3) is 5.89 Å². The zero-order chi connectivity index (χ0) is 16.7. The fourth-order valence-corrected chi connectivity index (χ4v) is 1.66. The van der Waals surface area contributed by atoms with Crippen molar-refractivity contribution >= 4 is 23.5 Å². The summed E-state index contributed by atoms with van der Waals surface area (Å²) in [5, 5.41) is 4.38. The van der Waals surface area contributed by atoms with E-state index in [2.05, 4.69) is 14.9 Å². The van der Waals surface area contributed by atoms with E-state index < -0.39 is 11.9 Å². The number of halogens is 1. The molecule has 0 fully saturated rings. The maximum atomic E-state index is 11.4. The lowest BCUT2D eigenvalue weighted by Gasteiger charge is -1.97. The van der Waals surface area contributed by atoms with Crippen molar-refractivity contribution in [1.29, 1.82) is 0 Å². The summed E-state index contributed by atoms with van der Waals surface area (Å²) in [6.45, 7) is 1.69. The first-order valence-corrected chi connectivity index (χ1v) is 7.06. The van der Waals surface area contributed by atoms with Crippen molar-refractivity contribution in [3.63, 3.8) is 0 Å². The molecule has 2 aromatic rings. The third-order valence-electron chi connectivity index (χ3n) is 2.55. The minimum absolute atomic E-state index is 0.132. The topological polar surface area (TPSA) is 91.5 Å². The van der Waals surface area contributed by atoms with Gasteiger partial charge in [0, 0.05) is 22.7 Å². The van der Waals surface area contributed by atoms with Crippen molar-refractivity contribution in [2.75, 3.05) is 6.61 Å². The molecule has 1 aromatic heterocycles. The first-order valence-electron chi connectivity index (χ1n) is 6.68. The van der Waals surface area contributed by atoms with Crippen LogP contribution in [0.25, 0.3) is 11.4 Å². The van der Waals surface area contributed by atoms with E-state index in [-0.39, 0.29) is 19.1 Å². The predicted molar refractivity (Wildman–Crippen MR) is 80.3 cm³/mol. The van der Waals surface area contributed by atoms with Crippen LogP contribution in [0.2, 0.25) is 5.02 Å². The fraction of sp³-hybridized carbons (Fsp3) is 0.200. The van der Waals surface area contributed by atoms with Crippen LogP contribution < -0.4 is 0 Å². The molecule has 23 heavy (non-hydrogen) atoms. The third-order valence-corrected chi connectivity index (χ3v) is 2.80. The molecule has 0 radical (unpaired) electrons. The van der Waals surface area contributed by atoms with Crippen LogP contribution in [-0.4, -0.2) is 28.7 Å². The van der Waals surface area contributed by atoms with Crippen molar-refractivity contribution in [3.05, 3.63) is 47.3 Å². The maximum Gasteiger partial charge on any atom is 0.331 e. The highest BCUT2D eigenvalue weighted by Crippen LogP contribution is 2.18. The Morgan fingerprint density at radius 1 is 1.17 bits per heavy atom. The van der Waals surface area contributed by atoms with Crippen LogP contribution in [0.4, 0.5) is 0 Å². The highest BCUT2D eigenvalue weighted by Gasteiger charge is 2.10. The maximum absolute atomic E-state index is 11.4. The normalized spacial score (nSPS) is 10.7. The summed E-state index contributed by atoms with van der Waals surface area (Å²) in [6, 6.07) is 6.89. The van der Waals surface area contributed by atoms with Crippen LogP contribution >= 0.6 is 11.6 Å². The Balaban J connectivity index is 1.88.